The monoisotopic (exact) mass is 286 g/mol. The number of carbonyl (C=O) groups is 1. The standard InChI is InChI=1S/C16H19N3O2/c1-13-11-15(17-21-13)16(20)19-9-7-18(8-10-19)12-14-5-3-2-4-6-14/h2-6,11H,7-10,12H2,1H3/p+1. The topological polar surface area (TPSA) is 50.8 Å². The molecule has 0 bridgehead atoms. The van der Waals surface area contributed by atoms with E-state index in [0.717, 1.165) is 32.7 Å². The number of nitrogens with zero attached hydrogens (tertiary/aromatic N) is 2. The van der Waals surface area contributed by atoms with E-state index in [1.807, 2.05) is 11.0 Å². The molecule has 0 aliphatic carbocycles. The number of hydrogen-bond acceptors (Lipinski definition) is 3. The summed E-state index contributed by atoms with van der Waals surface area (Å²) in [5.74, 6) is 0.650. The first-order valence-electron chi connectivity index (χ1n) is 7.32. The van der Waals surface area contributed by atoms with Crippen molar-refractivity contribution in [3.8, 4) is 0 Å². The molecule has 1 aromatic carbocycles. The number of piperazine rings is 1. The van der Waals surface area contributed by atoms with Gasteiger partial charge in [0.1, 0.15) is 12.3 Å². The van der Waals surface area contributed by atoms with Gasteiger partial charge in [-0.05, 0) is 6.92 Å². The number of quaternary nitrogens is 1. The summed E-state index contributed by atoms with van der Waals surface area (Å²) in [5, 5.41) is 3.80. The van der Waals surface area contributed by atoms with E-state index in [1.54, 1.807) is 13.0 Å². The SMILES string of the molecule is Cc1cc(C(=O)N2CC[NH+](Cc3ccccc3)CC2)no1. The Morgan fingerprint density at radius 3 is 2.62 bits per heavy atom. The maximum Gasteiger partial charge on any atom is 0.276 e. The van der Waals surface area contributed by atoms with Gasteiger partial charge in [-0.3, -0.25) is 4.79 Å². The Morgan fingerprint density at radius 1 is 1.29 bits per heavy atom. The molecule has 1 aromatic heterocycles. The van der Waals surface area contributed by atoms with E-state index in [0.29, 0.717) is 11.5 Å². The van der Waals surface area contributed by atoms with Gasteiger partial charge < -0.3 is 14.3 Å². The molecule has 5 nitrogen and oxygen atoms in total. The molecule has 3 rings (SSSR count). The van der Waals surface area contributed by atoms with Crippen molar-refractivity contribution < 1.29 is 14.2 Å². The molecule has 1 fully saturated rings. The van der Waals surface area contributed by atoms with Crippen LogP contribution in [-0.2, 0) is 6.54 Å². The van der Waals surface area contributed by atoms with Crippen LogP contribution in [0.2, 0.25) is 0 Å². The first kappa shape index (κ1) is 13.8. The fraction of sp³-hybridized carbons (Fsp3) is 0.375. The maximum atomic E-state index is 12.3. The molecule has 1 saturated heterocycles. The van der Waals surface area contributed by atoms with Crippen LogP contribution >= 0.6 is 0 Å². The normalized spacial score (nSPS) is 16.1. The van der Waals surface area contributed by atoms with Gasteiger partial charge >= 0.3 is 0 Å². The molecule has 2 aromatic rings. The van der Waals surface area contributed by atoms with Crippen LogP contribution < -0.4 is 4.90 Å². The maximum absolute atomic E-state index is 12.3. The van der Waals surface area contributed by atoms with Crippen LogP contribution in [0.3, 0.4) is 0 Å². The van der Waals surface area contributed by atoms with Crippen molar-refractivity contribution in [3.63, 3.8) is 0 Å². The minimum atomic E-state index is -0.0226. The lowest BCUT2D eigenvalue weighted by Crippen LogP contribution is -3.13. The number of amides is 1. The van der Waals surface area contributed by atoms with Crippen molar-refractivity contribution in [3.05, 3.63) is 53.4 Å². The second-order valence-corrected chi connectivity index (χ2v) is 5.53. The van der Waals surface area contributed by atoms with Crippen LogP contribution in [-0.4, -0.2) is 42.1 Å². The Hall–Kier alpha value is -2.14. The van der Waals surface area contributed by atoms with Gasteiger partial charge in [0.05, 0.1) is 26.2 Å². The van der Waals surface area contributed by atoms with Crippen LogP contribution in [0.5, 0.6) is 0 Å². The smallest absolute Gasteiger partial charge is 0.276 e. The quantitative estimate of drug-likeness (QED) is 0.895. The molecule has 110 valence electrons. The molecular formula is C16H20N3O2+. The zero-order valence-corrected chi connectivity index (χ0v) is 12.2. The third-order valence-electron chi connectivity index (χ3n) is 3.90. The fourth-order valence-corrected chi connectivity index (χ4v) is 2.72. The summed E-state index contributed by atoms with van der Waals surface area (Å²) in [6.45, 7) is 6.30. The Balaban J connectivity index is 1.54. The average molecular weight is 286 g/mol. The van der Waals surface area contributed by atoms with Crippen LogP contribution in [0.1, 0.15) is 21.8 Å². The van der Waals surface area contributed by atoms with Crippen molar-refractivity contribution in [2.24, 2.45) is 0 Å². The van der Waals surface area contributed by atoms with E-state index in [-0.39, 0.29) is 5.91 Å². The molecule has 5 heteroatoms. The van der Waals surface area contributed by atoms with E-state index < -0.39 is 0 Å². The van der Waals surface area contributed by atoms with E-state index in [9.17, 15) is 4.79 Å². The lowest BCUT2D eigenvalue weighted by atomic mass is 10.2. The van der Waals surface area contributed by atoms with Gasteiger partial charge in [0.2, 0.25) is 0 Å². The highest BCUT2D eigenvalue weighted by atomic mass is 16.5. The van der Waals surface area contributed by atoms with Gasteiger partial charge in [-0.2, -0.15) is 0 Å². The Morgan fingerprint density at radius 2 is 2.00 bits per heavy atom. The van der Waals surface area contributed by atoms with E-state index >= 15 is 0 Å². The number of aromatic nitrogens is 1. The third-order valence-corrected chi connectivity index (χ3v) is 3.90. The summed E-state index contributed by atoms with van der Waals surface area (Å²) >= 11 is 0. The van der Waals surface area contributed by atoms with Gasteiger partial charge in [0.15, 0.2) is 5.69 Å². The first-order chi connectivity index (χ1) is 10.2. The Labute approximate surface area is 124 Å². The van der Waals surface area contributed by atoms with Crippen LogP contribution in [0.15, 0.2) is 40.9 Å². The summed E-state index contributed by atoms with van der Waals surface area (Å²) in [6.07, 6.45) is 0. The lowest BCUT2D eigenvalue weighted by molar-refractivity contribution is -0.917. The van der Waals surface area contributed by atoms with E-state index in [4.69, 9.17) is 4.52 Å². The Bertz CT molecular complexity index is 601. The zero-order valence-electron chi connectivity index (χ0n) is 12.2. The summed E-state index contributed by atoms with van der Waals surface area (Å²) in [6, 6.07) is 12.2. The summed E-state index contributed by atoms with van der Waals surface area (Å²) in [5.41, 5.74) is 1.76. The van der Waals surface area contributed by atoms with E-state index in [2.05, 4.69) is 29.4 Å². The number of nitrogens with one attached hydrogen (secondary N) is 1. The molecule has 1 aliphatic rings. The molecule has 0 unspecified atom stereocenters. The van der Waals surface area contributed by atoms with Gasteiger partial charge in [0.25, 0.3) is 5.91 Å². The molecule has 1 amide bonds. The van der Waals surface area contributed by atoms with Crippen molar-refractivity contribution in [1.82, 2.24) is 10.1 Å². The zero-order chi connectivity index (χ0) is 14.7. The molecule has 0 atom stereocenters. The average Bonchev–Trinajstić information content (AvgIpc) is 2.95. The number of carbonyl (C=O) groups excluding carboxylic acids is 1. The summed E-state index contributed by atoms with van der Waals surface area (Å²) in [4.78, 5) is 15.7. The first-order valence-corrected chi connectivity index (χ1v) is 7.32. The van der Waals surface area contributed by atoms with Crippen LogP contribution in [0.4, 0.5) is 0 Å². The van der Waals surface area contributed by atoms with Crippen LogP contribution in [0, 0.1) is 6.92 Å². The molecular weight excluding hydrogens is 266 g/mol. The highest BCUT2D eigenvalue weighted by Crippen LogP contribution is 2.06. The van der Waals surface area contributed by atoms with Crippen molar-refractivity contribution in [2.75, 3.05) is 26.2 Å². The van der Waals surface area contributed by atoms with Crippen molar-refractivity contribution in [2.45, 2.75) is 13.5 Å². The summed E-state index contributed by atoms with van der Waals surface area (Å²) < 4.78 is 4.97. The number of benzene rings is 1. The van der Waals surface area contributed by atoms with Gasteiger partial charge in [-0.15, -0.1) is 0 Å². The van der Waals surface area contributed by atoms with Gasteiger partial charge in [-0.1, -0.05) is 35.5 Å². The summed E-state index contributed by atoms with van der Waals surface area (Å²) in [7, 11) is 0. The minimum absolute atomic E-state index is 0.0226. The molecule has 0 spiro atoms. The molecule has 21 heavy (non-hydrogen) atoms. The molecule has 0 saturated carbocycles. The number of rotatable bonds is 3. The van der Waals surface area contributed by atoms with Crippen molar-refractivity contribution in [1.29, 1.82) is 0 Å². The minimum Gasteiger partial charge on any atom is -0.361 e. The van der Waals surface area contributed by atoms with E-state index in [1.165, 1.54) is 10.5 Å². The predicted molar refractivity (Wildman–Crippen MR) is 78.0 cm³/mol. The molecule has 2 heterocycles. The third kappa shape index (κ3) is 3.31. The molecule has 1 aliphatic heterocycles. The van der Waals surface area contributed by atoms with Gasteiger partial charge in [0, 0.05) is 11.6 Å². The highest BCUT2D eigenvalue weighted by Gasteiger charge is 2.26. The molecule has 1 N–H and O–H groups in total. The molecule has 0 radical (unpaired) electrons. The number of hydrogen-bond donors (Lipinski definition) is 1. The number of aryl methyl sites for hydroxylation is 1. The predicted octanol–water partition coefficient (Wildman–Crippen LogP) is 0.524. The van der Waals surface area contributed by atoms with Gasteiger partial charge in [-0.25, -0.2) is 0 Å². The Kier molecular flexibility index (Phi) is 4.01. The second-order valence-electron chi connectivity index (χ2n) is 5.53. The lowest BCUT2D eigenvalue weighted by Gasteiger charge is -2.31. The highest BCUT2D eigenvalue weighted by molar-refractivity contribution is 5.92. The van der Waals surface area contributed by atoms with Crippen molar-refractivity contribution >= 4 is 5.91 Å². The second kappa shape index (κ2) is 6.10. The largest absolute Gasteiger partial charge is 0.361 e. The fourth-order valence-electron chi connectivity index (χ4n) is 2.72. The van der Waals surface area contributed by atoms with Crippen LogP contribution in [0.25, 0.3) is 0 Å².